The minimum Gasteiger partial charge on any atom is -0.478 e. The number of carboxylic acids is 1. The Labute approximate surface area is 109 Å². The molecule has 0 unspecified atom stereocenters. The molecule has 0 bridgehead atoms. The number of aromatic carboxylic acids is 1. The zero-order chi connectivity index (χ0) is 13.1. The minimum atomic E-state index is -1.06. The molecule has 1 aromatic carbocycles. The summed E-state index contributed by atoms with van der Waals surface area (Å²) in [5.74, 6) is -0.0120. The van der Waals surface area contributed by atoms with Gasteiger partial charge in [-0.05, 0) is 19.1 Å². The van der Waals surface area contributed by atoms with E-state index in [1.807, 2.05) is 6.92 Å². The van der Waals surface area contributed by atoms with Crippen LogP contribution in [0.2, 0.25) is 5.02 Å². The van der Waals surface area contributed by atoms with Crippen LogP contribution in [0.15, 0.2) is 30.6 Å². The van der Waals surface area contributed by atoms with Gasteiger partial charge >= 0.3 is 5.97 Å². The molecule has 1 heterocycles. The Balaban J connectivity index is 2.19. The molecule has 0 aliphatic rings. The van der Waals surface area contributed by atoms with Crippen molar-refractivity contribution in [1.29, 1.82) is 0 Å². The highest BCUT2D eigenvalue weighted by Crippen LogP contribution is 2.26. The molecule has 0 saturated carbocycles. The maximum absolute atomic E-state index is 10.8. The second-order valence-electron chi connectivity index (χ2n) is 3.58. The van der Waals surface area contributed by atoms with Gasteiger partial charge < -0.3 is 9.84 Å². The molecule has 2 rings (SSSR count). The third kappa shape index (κ3) is 2.62. The molecule has 94 valence electrons. The van der Waals surface area contributed by atoms with Gasteiger partial charge in [-0.15, -0.1) is 0 Å². The summed E-state index contributed by atoms with van der Waals surface area (Å²) in [6.07, 6.45) is 3.33. The number of aryl methyl sites for hydroxylation is 1. The summed E-state index contributed by atoms with van der Waals surface area (Å²) in [7, 11) is 0. The molecule has 1 N–H and O–H groups in total. The van der Waals surface area contributed by atoms with E-state index in [9.17, 15) is 4.79 Å². The lowest BCUT2D eigenvalue weighted by Crippen LogP contribution is -1.97. The van der Waals surface area contributed by atoms with Gasteiger partial charge in [-0.2, -0.15) is 5.10 Å². The number of aromatic nitrogens is 2. The summed E-state index contributed by atoms with van der Waals surface area (Å²) in [6, 6.07) is 4.43. The van der Waals surface area contributed by atoms with Gasteiger partial charge in [0, 0.05) is 12.6 Å². The average Bonchev–Trinajstić information content (AvgIpc) is 2.76. The summed E-state index contributed by atoms with van der Waals surface area (Å²) in [5.41, 5.74) is 0.0493. The summed E-state index contributed by atoms with van der Waals surface area (Å²) < 4.78 is 7.24. The number of hydrogen-bond acceptors (Lipinski definition) is 3. The van der Waals surface area contributed by atoms with Crippen molar-refractivity contribution in [2.45, 2.75) is 13.5 Å². The van der Waals surface area contributed by atoms with Crippen molar-refractivity contribution in [1.82, 2.24) is 9.78 Å². The topological polar surface area (TPSA) is 64.3 Å². The molecule has 6 heteroatoms. The molecular formula is C12H11ClN2O3. The van der Waals surface area contributed by atoms with Gasteiger partial charge in [0.1, 0.15) is 5.75 Å². The zero-order valence-electron chi connectivity index (χ0n) is 9.63. The number of ether oxygens (including phenoxy) is 1. The maximum atomic E-state index is 10.8. The molecule has 0 fully saturated rings. The number of carboxylic acid groups (broad SMARTS) is 1. The predicted octanol–water partition coefficient (Wildman–Crippen LogP) is 3.05. The van der Waals surface area contributed by atoms with Crippen LogP contribution in [0, 0.1) is 0 Å². The molecule has 0 radical (unpaired) electrons. The highest BCUT2D eigenvalue weighted by Gasteiger charge is 2.10. The van der Waals surface area contributed by atoms with Crippen molar-refractivity contribution in [2.24, 2.45) is 0 Å². The Morgan fingerprint density at radius 3 is 2.83 bits per heavy atom. The third-order valence-corrected chi connectivity index (χ3v) is 2.65. The molecule has 2 aromatic rings. The van der Waals surface area contributed by atoms with Crippen LogP contribution in [0.25, 0.3) is 0 Å². The first-order valence-corrected chi connectivity index (χ1v) is 5.71. The SMILES string of the molecule is CCn1cc(Oc2ccc(C(=O)O)c(Cl)c2)cn1. The summed E-state index contributed by atoms with van der Waals surface area (Å²) >= 11 is 5.84. The van der Waals surface area contributed by atoms with Crippen LogP contribution in [0.5, 0.6) is 11.5 Å². The Hall–Kier alpha value is -2.01. The van der Waals surface area contributed by atoms with Gasteiger partial charge in [-0.3, -0.25) is 4.68 Å². The number of halogens is 1. The van der Waals surface area contributed by atoms with E-state index in [1.54, 1.807) is 23.1 Å². The lowest BCUT2D eigenvalue weighted by Gasteiger charge is -2.04. The second-order valence-corrected chi connectivity index (χ2v) is 3.99. The smallest absolute Gasteiger partial charge is 0.337 e. The van der Waals surface area contributed by atoms with Crippen molar-refractivity contribution in [3.63, 3.8) is 0 Å². The van der Waals surface area contributed by atoms with Crippen LogP contribution in [0.4, 0.5) is 0 Å². The van der Waals surface area contributed by atoms with Crippen molar-refractivity contribution in [2.75, 3.05) is 0 Å². The quantitative estimate of drug-likeness (QED) is 0.924. The summed E-state index contributed by atoms with van der Waals surface area (Å²) in [6.45, 7) is 2.72. The van der Waals surface area contributed by atoms with Crippen LogP contribution in [0.1, 0.15) is 17.3 Å². The van der Waals surface area contributed by atoms with Gasteiger partial charge in [0.05, 0.1) is 23.0 Å². The van der Waals surface area contributed by atoms with Crippen LogP contribution in [0.3, 0.4) is 0 Å². The molecular weight excluding hydrogens is 256 g/mol. The van der Waals surface area contributed by atoms with Crippen molar-refractivity contribution >= 4 is 17.6 Å². The second kappa shape index (κ2) is 5.10. The molecule has 0 saturated heterocycles. The standard InChI is InChI=1S/C12H11ClN2O3/c1-2-15-7-9(6-14-15)18-8-3-4-10(12(16)17)11(13)5-8/h3-7H,2H2,1H3,(H,16,17). The monoisotopic (exact) mass is 266 g/mol. The van der Waals surface area contributed by atoms with E-state index >= 15 is 0 Å². The Morgan fingerprint density at radius 1 is 1.50 bits per heavy atom. The van der Waals surface area contributed by atoms with Crippen molar-refractivity contribution in [3.05, 3.63) is 41.2 Å². The molecule has 5 nitrogen and oxygen atoms in total. The Bertz CT molecular complexity index is 580. The van der Waals surface area contributed by atoms with Crippen molar-refractivity contribution in [3.8, 4) is 11.5 Å². The maximum Gasteiger partial charge on any atom is 0.337 e. The molecule has 0 spiro atoms. The fourth-order valence-electron chi connectivity index (χ4n) is 1.44. The number of carbonyl (C=O) groups is 1. The summed E-state index contributed by atoms with van der Waals surface area (Å²) in [4.78, 5) is 10.8. The van der Waals surface area contributed by atoms with E-state index in [2.05, 4.69) is 5.10 Å². The molecule has 0 amide bonds. The normalized spacial score (nSPS) is 10.3. The summed E-state index contributed by atoms with van der Waals surface area (Å²) in [5, 5.41) is 13.0. The molecule has 0 aliphatic carbocycles. The van der Waals surface area contributed by atoms with E-state index < -0.39 is 5.97 Å². The number of rotatable bonds is 4. The van der Waals surface area contributed by atoms with Gasteiger partial charge in [0.15, 0.2) is 5.75 Å². The molecule has 0 atom stereocenters. The van der Waals surface area contributed by atoms with Gasteiger partial charge in [0.2, 0.25) is 0 Å². The lowest BCUT2D eigenvalue weighted by molar-refractivity contribution is 0.0697. The first-order valence-electron chi connectivity index (χ1n) is 5.33. The third-order valence-electron chi connectivity index (χ3n) is 2.34. The predicted molar refractivity (Wildman–Crippen MR) is 66.4 cm³/mol. The van der Waals surface area contributed by atoms with Crippen LogP contribution in [-0.2, 0) is 6.54 Å². The highest BCUT2D eigenvalue weighted by molar-refractivity contribution is 6.33. The van der Waals surface area contributed by atoms with Crippen LogP contribution in [-0.4, -0.2) is 20.9 Å². The number of hydrogen-bond donors (Lipinski definition) is 1. The highest BCUT2D eigenvalue weighted by atomic mass is 35.5. The number of nitrogens with zero attached hydrogens (tertiary/aromatic N) is 2. The molecule has 1 aromatic heterocycles. The van der Waals surface area contributed by atoms with Gasteiger partial charge in [0.25, 0.3) is 0 Å². The van der Waals surface area contributed by atoms with Crippen LogP contribution < -0.4 is 4.74 Å². The lowest BCUT2D eigenvalue weighted by atomic mass is 10.2. The molecule has 18 heavy (non-hydrogen) atoms. The largest absolute Gasteiger partial charge is 0.478 e. The van der Waals surface area contributed by atoms with E-state index in [-0.39, 0.29) is 10.6 Å². The van der Waals surface area contributed by atoms with Gasteiger partial charge in [-0.1, -0.05) is 11.6 Å². The zero-order valence-corrected chi connectivity index (χ0v) is 10.4. The number of benzene rings is 1. The fourth-order valence-corrected chi connectivity index (χ4v) is 1.69. The van der Waals surface area contributed by atoms with E-state index in [0.29, 0.717) is 11.5 Å². The first kappa shape index (κ1) is 12.4. The van der Waals surface area contributed by atoms with E-state index in [1.165, 1.54) is 12.1 Å². The Kier molecular flexibility index (Phi) is 3.53. The molecule has 0 aliphatic heterocycles. The first-order chi connectivity index (χ1) is 8.60. The average molecular weight is 267 g/mol. The Morgan fingerprint density at radius 2 is 2.28 bits per heavy atom. The fraction of sp³-hybridized carbons (Fsp3) is 0.167. The van der Waals surface area contributed by atoms with E-state index in [0.717, 1.165) is 6.54 Å². The minimum absolute atomic E-state index is 0.0493. The van der Waals surface area contributed by atoms with E-state index in [4.69, 9.17) is 21.4 Å². The van der Waals surface area contributed by atoms with Crippen LogP contribution >= 0.6 is 11.6 Å². The van der Waals surface area contributed by atoms with Gasteiger partial charge in [-0.25, -0.2) is 4.79 Å². The van der Waals surface area contributed by atoms with Crippen molar-refractivity contribution < 1.29 is 14.6 Å².